The molecule has 84 valence electrons. The third-order valence-corrected chi connectivity index (χ3v) is 2.96. The minimum atomic E-state index is -0.284. The van der Waals surface area contributed by atoms with Gasteiger partial charge < -0.3 is 4.74 Å². The molecule has 1 aliphatic heterocycles. The number of pyridine rings is 1. The number of aromatic nitrogens is 1. The minimum absolute atomic E-state index is 0.182. The molecule has 0 spiro atoms. The molecule has 3 heteroatoms. The predicted molar refractivity (Wildman–Crippen MR) is 62.5 cm³/mol. The zero-order valence-corrected chi connectivity index (χ0v) is 9.17. The van der Waals surface area contributed by atoms with Crippen molar-refractivity contribution in [1.82, 2.24) is 4.98 Å². The minimum Gasteiger partial charge on any atom is -0.453 e. The molecule has 2 heterocycles. The van der Waals surface area contributed by atoms with Crippen LogP contribution in [0.15, 0.2) is 48.8 Å². The molecular weight excluding hydrogens is 214 g/mol. The molecule has 3 rings (SSSR count). The lowest BCUT2D eigenvalue weighted by Gasteiger charge is -2.24. The zero-order chi connectivity index (χ0) is 11.7. The van der Waals surface area contributed by atoms with Crippen LogP contribution in [-0.4, -0.2) is 11.0 Å². The van der Waals surface area contributed by atoms with Gasteiger partial charge in [-0.1, -0.05) is 30.3 Å². The summed E-state index contributed by atoms with van der Waals surface area (Å²) in [5.74, 6) is -0.284. The molecule has 1 unspecified atom stereocenters. The molecule has 0 saturated carbocycles. The summed E-state index contributed by atoms with van der Waals surface area (Å²) >= 11 is 0. The average molecular weight is 225 g/mol. The maximum Gasteiger partial charge on any atom is 0.340 e. The molecule has 1 atom stereocenters. The number of carbonyl (C=O) groups excluding carboxylic acids is 1. The number of carbonyl (C=O) groups is 1. The van der Waals surface area contributed by atoms with Gasteiger partial charge in [0.1, 0.15) is 6.10 Å². The molecule has 1 aromatic heterocycles. The number of hydrogen-bond acceptors (Lipinski definition) is 3. The number of benzene rings is 1. The molecule has 2 aromatic rings. The standard InChI is InChI=1S/C14H11NO2/c16-14-12-9-15-7-6-11(12)8-13(17-14)10-4-2-1-3-5-10/h1-7,9,13H,8H2. The fourth-order valence-corrected chi connectivity index (χ4v) is 2.07. The van der Waals surface area contributed by atoms with Crippen LogP contribution in [0.25, 0.3) is 0 Å². The van der Waals surface area contributed by atoms with Crippen LogP contribution in [0.2, 0.25) is 0 Å². The molecule has 3 nitrogen and oxygen atoms in total. The van der Waals surface area contributed by atoms with Crippen LogP contribution in [0.5, 0.6) is 0 Å². The van der Waals surface area contributed by atoms with Crippen molar-refractivity contribution in [2.45, 2.75) is 12.5 Å². The molecule has 1 aliphatic rings. The van der Waals surface area contributed by atoms with Crippen LogP contribution in [0.4, 0.5) is 0 Å². The van der Waals surface area contributed by atoms with E-state index < -0.39 is 0 Å². The Labute approximate surface area is 99.1 Å². The zero-order valence-electron chi connectivity index (χ0n) is 9.17. The van der Waals surface area contributed by atoms with Gasteiger partial charge in [-0.3, -0.25) is 4.98 Å². The maximum absolute atomic E-state index is 11.8. The lowest BCUT2D eigenvalue weighted by atomic mass is 9.96. The number of esters is 1. The summed E-state index contributed by atoms with van der Waals surface area (Å²) in [6.07, 6.45) is 3.81. The first-order valence-electron chi connectivity index (χ1n) is 5.53. The molecule has 0 fully saturated rings. The van der Waals surface area contributed by atoms with Crippen molar-refractivity contribution in [3.63, 3.8) is 0 Å². The van der Waals surface area contributed by atoms with Crippen molar-refractivity contribution in [1.29, 1.82) is 0 Å². The summed E-state index contributed by atoms with van der Waals surface area (Å²) < 4.78 is 5.42. The number of cyclic esters (lactones) is 1. The number of fused-ring (bicyclic) bond motifs is 1. The number of nitrogens with zero attached hydrogens (tertiary/aromatic N) is 1. The molecule has 1 aromatic carbocycles. The monoisotopic (exact) mass is 225 g/mol. The fourth-order valence-electron chi connectivity index (χ4n) is 2.07. The van der Waals surface area contributed by atoms with E-state index in [0.29, 0.717) is 12.0 Å². The smallest absolute Gasteiger partial charge is 0.340 e. The van der Waals surface area contributed by atoms with E-state index in [2.05, 4.69) is 4.98 Å². The molecule has 0 saturated heterocycles. The van der Waals surface area contributed by atoms with Gasteiger partial charge >= 0.3 is 5.97 Å². The summed E-state index contributed by atoms with van der Waals surface area (Å²) in [6, 6.07) is 11.7. The molecule has 0 bridgehead atoms. The molecule has 17 heavy (non-hydrogen) atoms. The summed E-state index contributed by atoms with van der Waals surface area (Å²) in [5, 5.41) is 0. The van der Waals surface area contributed by atoms with E-state index in [9.17, 15) is 4.79 Å². The van der Waals surface area contributed by atoms with E-state index >= 15 is 0 Å². The fraction of sp³-hybridized carbons (Fsp3) is 0.143. The predicted octanol–water partition coefficient (Wildman–Crippen LogP) is 2.54. The van der Waals surface area contributed by atoms with Crippen LogP contribution in [-0.2, 0) is 11.2 Å². The van der Waals surface area contributed by atoms with Crippen molar-refractivity contribution in [3.8, 4) is 0 Å². The highest BCUT2D eigenvalue weighted by Crippen LogP contribution is 2.29. The molecular formula is C14H11NO2. The largest absolute Gasteiger partial charge is 0.453 e. The van der Waals surface area contributed by atoms with Crippen LogP contribution >= 0.6 is 0 Å². The van der Waals surface area contributed by atoms with E-state index in [1.807, 2.05) is 36.4 Å². The van der Waals surface area contributed by atoms with Gasteiger partial charge in [0.15, 0.2) is 0 Å². The van der Waals surface area contributed by atoms with Gasteiger partial charge in [-0.2, -0.15) is 0 Å². The van der Waals surface area contributed by atoms with Crippen molar-refractivity contribution in [2.24, 2.45) is 0 Å². The van der Waals surface area contributed by atoms with E-state index in [1.165, 1.54) is 0 Å². The topological polar surface area (TPSA) is 39.2 Å². The Morgan fingerprint density at radius 2 is 2.00 bits per heavy atom. The van der Waals surface area contributed by atoms with Gasteiger partial charge in [0.25, 0.3) is 0 Å². The number of ether oxygens (including phenoxy) is 1. The highest BCUT2D eigenvalue weighted by molar-refractivity contribution is 5.91. The summed E-state index contributed by atoms with van der Waals surface area (Å²) in [7, 11) is 0. The molecule has 0 N–H and O–H groups in total. The van der Waals surface area contributed by atoms with Gasteiger partial charge in [0.05, 0.1) is 5.56 Å². The van der Waals surface area contributed by atoms with Gasteiger partial charge in [-0.05, 0) is 17.2 Å². The number of rotatable bonds is 1. The first kappa shape index (κ1) is 10.0. The van der Waals surface area contributed by atoms with Crippen LogP contribution < -0.4 is 0 Å². The van der Waals surface area contributed by atoms with Gasteiger partial charge in [0.2, 0.25) is 0 Å². The van der Waals surface area contributed by atoms with Crippen molar-refractivity contribution < 1.29 is 9.53 Å². The van der Waals surface area contributed by atoms with Crippen LogP contribution in [0, 0.1) is 0 Å². The lowest BCUT2D eigenvalue weighted by molar-refractivity contribution is 0.0252. The van der Waals surface area contributed by atoms with E-state index in [4.69, 9.17) is 4.74 Å². The van der Waals surface area contributed by atoms with Crippen LogP contribution in [0.1, 0.15) is 27.6 Å². The van der Waals surface area contributed by atoms with E-state index in [-0.39, 0.29) is 12.1 Å². The SMILES string of the molecule is O=C1OC(c2ccccc2)Cc2ccncc21. The van der Waals surface area contributed by atoms with Gasteiger partial charge in [0, 0.05) is 18.8 Å². The summed E-state index contributed by atoms with van der Waals surface area (Å²) in [5.41, 5.74) is 2.62. The third-order valence-electron chi connectivity index (χ3n) is 2.96. The second-order valence-corrected chi connectivity index (χ2v) is 4.04. The second kappa shape index (κ2) is 4.01. The Morgan fingerprint density at radius 1 is 1.18 bits per heavy atom. The van der Waals surface area contributed by atoms with Crippen molar-refractivity contribution in [2.75, 3.05) is 0 Å². The molecule has 0 radical (unpaired) electrons. The Kier molecular flexibility index (Phi) is 2.37. The Bertz CT molecular complexity index is 551. The maximum atomic E-state index is 11.8. The number of hydrogen-bond donors (Lipinski definition) is 0. The highest BCUT2D eigenvalue weighted by atomic mass is 16.5. The first-order valence-corrected chi connectivity index (χ1v) is 5.53. The van der Waals surface area contributed by atoms with Crippen molar-refractivity contribution in [3.05, 3.63) is 65.5 Å². The van der Waals surface area contributed by atoms with Crippen LogP contribution in [0.3, 0.4) is 0 Å². The Hall–Kier alpha value is -2.16. The van der Waals surface area contributed by atoms with E-state index in [0.717, 1.165) is 11.1 Å². The van der Waals surface area contributed by atoms with Gasteiger partial charge in [-0.15, -0.1) is 0 Å². The first-order chi connectivity index (χ1) is 8.34. The lowest BCUT2D eigenvalue weighted by Crippen LogP contribution is -2.21. The van der Waals surface area contributed by atoms with E-state index in [1.54, 1.807) is 12.4 Å². The normalized spacial score (nSPS) is 18.4. The summed E-state index contributed by atoms with van der Waals surface area (Å²) in [6.45, 7) is 0. The van der Waals surface area contributed by atoms with Gasteiger partial charge in [-0.25, -0.2) is 4.79 Å². The molecule has 0 amide bonds. The van der Waals surface area contributed by atoms with Crippen molar-refractivity contribution >= 4 is 5.97 Å². The average Bonchev–Trinajstić information content (AvgIpc) is 2.40. The second-order valence-electron chi connectivity index (χ2n) is 4.04. The quantitative estimate of drug-likeness (QED) is 0.700. The third kappa shape index (κ3) is 1.80. The highest BCUT2D eigenvalue weighted by Gasteiger charge is 2.27. The Morgan fingerprint density at radius 3 is 2.82 bits per heavy atom. The Balaban J connectivity index is 1.97. The summed E-state index contributed by atoms with van der Waals surface area (Å²) in [4.78, 5) is 15.8. The molecule has 0 aliphatic carbocycles.